The van der Waals surface area contributed by atoms with E-state index in [1.807, 2.05) is 0 Å². The van der Waals surface area contributed by atoms with E-state index >= 15 is 0 Å². The highest BCUT2D eigenvalue weighted by molar-refractivity contribution is 5.97. The number of benzene rings is 1. The van der Waals surface area contributed by atoms with Crippen LogP contribution >= 0.6 is 0 Å². The van der Waals surface area contributed by atoms with Crippen molar-refractivity contribution in [2.45, 2.75) is 19.8 Å². The van der Waals surface area contributed by atoms with Crippen LogP contribution in [0.25, 0.3) is 0 Å². The number of amides is 1. The monoisotopic (exact) mass is 293 g/mol. The molecule has 6 heteroatoms. The summed E-state index contributed by atoms with van der Waals surface area (Å²) >= 11 is 0. The van der Waals surface area contributed by atoms with Crippen LogP contribution < -0.4 is 10.1 Å². The van der Waals surface area contributed by atoms with Crippen molar-refractivity contribution in [1.29, 1.82) is 0 Å². The minimum atomic E-state index is -0.412. The molecule has 1 aromatic rings. The largest absolute Gasteiger partial charge is 0.497 e. The second-order valence-electron chi connectivity index (χ2n) is 4.26. The molecule has 0 saturated heterocycles. The number of esters is 1. The summed E-state index contributed by atoms with van der Waals surface area (Å²) in [4.78, 5) is 34.5. The van der Waals surface area contributed by atoms with Gasteiger partial charge >= 0.3 is 5.97 Å². The second kappa shape index (κ2) is 8.73. The van der Waals surface area contributed by atoms with E-state index in [1.165, 1.54) is 7.11 Å². The summed E-state index contributed by atoms with van der Waals surface area (Å²) in [5.74, 6) is -0.432. The molecule has 0 aliphatic carbocycles. The van der Waals surface area contributed by atoms with Crippen LogP contribution in [0.1, 0.15) is 30.1 Å². The van der Waals surface area contributed by atoms with Gasteiger partial charge in [0.25, 0.3) is 5.91 Å². The van der Waals surface area contributed by atoms with Crippen LogP contribution in [0.3, 0.4) is 0 Å². The zero-order valence-electron chi connectivity index (χ0n) is 12.2. The topological polar surface area (TPSA) is 81.7 Å². The van der Waals surface area contributed by atoms with Gasteiger partial charge in [-0.25, -0.2) is 0 Å². The highest BCUT2D eigenvalue weighted by atomic mass is 16.5. The van der Waals surface area contributed by atoms with E-state index in [-0.39, 0.29) is 31.1 Å². The Kier molecular flexibility index (Phi) is 6.94. The van der Waals surface area contributed by atoms with Gasteiger partial charge in [-0.15, -0.1) is 0 Å². The standard InChI is InChI=1S/C15H19NO5/c1-3-21-14(18)8-7-12(17)10-16-15(19)11-5-4-6-13(9-11)20-2/h4-6,9H,3,7-8,10H2,1-2H3,(H,16,19). The molecule has 1 N–H and O–H groups in total. The average Bonchev–Trinajstić information content (AvgIpc) is 2.50. The summed E-state index contributed by atoms with van der Waals surface area (Å²) in [6, 6.07) is 6.62. The van der Waals surface area contributed by atoms with Crippen molar-refractivity contribution in [3.8, 4) is 5.75 Å². The third-order valence-corrected chi connectivity index (χ3v) is 2.69. The van der Waals surface area contributed by atoms with Gasteiger partial charge in [0.15, 0.2) is 5.78 Å². The van der Waals surface area contributed by atoms with Crippen LogP contribution in [-0.4, -0.2) is 37.9 Å². The van der Waals surface area contributed by atoms with Crippen molar-refractivity contribution < 1.29 is 23.9 Å². The lowest BCUT2D eigenvalue weighted by Crippen LogP contribution is -2.29. The van der Waals surface area contributed by atoms with Crippen molar-refractivity contribution in [2.24, 2.45) is 0 Å². The Morgan fingerprint density at radius 2 is 1.95 bits per heavy atom. The minimum absolute atomic E-state index is 0.0295. The fraction of sp³-hybridized carbons (Fsp3) is 0.400. The highest BCUT2D eigenvalue weighted by Crippen LogP contribution is 2.12. The first-order valence-corrected chi connectivity index (χ1v) is 6.66. The van der Waals surface area contributed by atoms with Crippen molar-refractivity contribution >= 4 is 17.7 Å². The molecule has 0 bridgehead atoms. The Hall–Kier alpha value is -2.37. The summed E-state index contributed by atoms with van der Waals surface area (Å²) < 4.78 is 9.74. The predicted molar refractivity (Wildman–Crippen MR) is 76.2 cm³/mol. The van der Waals surface area contributed by atoms with Crippen LogP contribution in [-0.2, 0) is 14.3 Å². The van der Waals surface area contributed by atoms with Gasteiger partial charge in [0.2, 0.25) is 0 Å². The molecule has 0 fully saturated rings. The Bertz CT molecular complexity index is 513. The molecule has 0 unspecified atom stereocenters. The smallest absolute Gasteiger partial charge is 0.306 e. The first-order chi connectivity index (χ1) is 10.1. The zero-order valence-corrected chi connectivity index (χ0v) is 12.2. The number of rotatable bonds is 8. The average molecular weight is 293 g/mol. The van der Waals surface area contributed by atoms with Gasteiger partial charge in [0.05, 0.1) is 26.7 Å². The third-order valence-electron chi connectivity index (χ3n) is 2.69. The molecule has 114 valence electrons. The number of methoxy groups -OCH3 is 1. The number of hydrogen-bond donors (Lipinski definition) is 1. The zero-order chi connectivity index (χ0) is 15.7. The van der Waals surface area contributed by atoms with E-state index < -0.39 is 5.97 Å². The fourth-order valence-electron chi connectivity index (χ4n) is 1.61. The normalized spacial score (nSPS) is 9.81. The predicted octanol–water partition coefficient (Wildman–Crippen LogP) is 1.34. The molecule has 0 heterocycles. The Morgan fingerprint density at radius 1 is 1.19 bits per heavy atom. The number of hydrogen-bond acceptors (Lipinski definition) is 5. The van der Waals surface area contributed by atoms with E-state index in [0.717, 1.165) is 0 Å². The number of ether oxygens (including phenoxy) is 2. The third kappa shape index (κ3) is 6.07. The van der Waals surface area contributed by atoms with Gasteiger partial charge in [-0.3, -0.25) is 14.4 Å². The van der Waals surface area contributed by atoms with Gasteiger partial charge in [-0.1, -0.05) is 6.07 Å². The molecule has 0 radical (unpaired) electrons. The molecule has 1 amide bonds. The molecule has 1 aromatic carbocycles. The first-order valence-electron chi connectivity index (χ1n) is 6.66. The van der Waals surface area contributed by atoms with E-state index in [2.05, 4.69) is 5.32 Å². The molecular formula is C15H19NO5. The fourth-order valence-corrected chi connectivity index (χ4v) is 1.61. The quantitative estimate of drug-likeness (QED) is 0.731. The summed E-state index contributed by atoms with van der Waals surface area (Å²) in [5.41, 5.74) is 0.410. The van der Waals surface area contributed by atoms with Crippen molar-refractivity contribution in [2.75, 3.05) is 20.3 Å². The second-order valence-corrected chi connectivity index (χ2v) is 4.26. The molecule has 0 atom stereocenters. The van der Waals surface area contributed by atoms with Crippen LogP contribution in [0, 0.1) is 0 Å². The van der Waals surface area contributed by atoms with Crippen LogP contribution in [0.15, 0.2) is 24.3 Å². The van der Waals surface area contributed by atoms with Crippen LogP contribution in [0.2, 0.25) is 0 Å². The molecule has 6 nitrogen and oxygen atoms in total. The number of carbonyl (C=O) groups excluding carboxylic acids is 3. The molecule has 1 rings (SSSR count). The molecule has 0 aliphatic heterocycles. The summed E-state index contributed by atoms with van der Waals surface area (Å²) in [5, 5.41) is 2.51. The number of carbonyl (C=O) groups is 3. The van der Waals surface area contributed by atoms with Crippen molar-refractivity contribution in [3.05, 3.63) is 29.8 Å². The van der Waals surface area contributed by atoms with Crippen molar-refractivity contribution in [1.82, 2.24) is 5.32 Å². The van der Waals surface area contributed by atoms with E-state index in [0.29, 0.717) is 17.9 Å². The molecule has 21 heavy (non-hydrogen) atoms. The maximum atomic E-state index is 11.8. The van der Waals surface area contributed by atoms with Gasteiger partial charge in [0.1, 0.15) is 5.75 Å². The maximum Gasteiger partial charge on any atom is 0.306 e. The summed E-state index contributed by atoms with van der Waals surface area (Å²) in [6.07, 6.45) is 0.0823. The minimum Gasteiger partial charge on any atom is -0.497 e. The SMILES string of the molecule is CCOC(=O)CCC(=O)CNC(=O)c1cccc(OC)c1. The van der Waals surface area contributed by atoms with Gasteiger partial charge in [0, 0.05) is 12.0 Å². The van der Waals surface area contributed by atoms with Gasteiger partial charge < -0.3 is 14.8 Å². The van der Waals surface area contributed by atoms with Gasteiger partial charge in [-0.2, -0.15) is 0 Å². The molecule has 0 aromatic heterocycles. The van der Waals surface area contributed by atoms with Gasteiger partial charge in [-0.05, 0) is 25.1 Å². The lowest BCUT2D eigenvalue weighted by molar-refractivity contribution is -0.144. The first kappa shape index (κ1) is 16.7. The summed E-state index contributed by atoms with van der Waals surface area (Å²) in [7, 11) is 1.51. The maximum absolute atomic E-state index is 11.8. The van der Waals surface area contributed by atoms with Crippen molar-refractivity contribution in [3.63, 3.8) is 0 Å². The number of ketones is 1. The highest BCUT2D eigenvalue weighted by Gasteiger charge is 2.11. The molecule has 0 saturated carbocycles. The molecule has 0 spiro atoms. The Labute approximate surface area is 123 Å². The molecular weight excluding hydrogens is 274 g/mol. The lowest BCUT2D eigenvalue weighted by Gasteiger charge is -2.06. The van der Waals surface area contributed by atoms with E-state index in [4.69, 9.17) is 9.47 Å². The Morgan fingerprint density at radius 3 is 2.62 bits per heavy atom. The van der Waals surface area contributed by atoms with Crippen LogP contribution in [0.4, 0.5) is 0 Å². The molecule has 0 aliphatic rings. The number of Topliss-reactive ketones (excluding diaryl/α,β-unsaturated/α-hetero) is 1. The Balaban J connectivity index is 2.38. The van der Waals surface area contributed by atoms with E-state index in [9.17, 15) is 14.4 Å². The van der Waals surface area contributed by atoms with E-state index in [1.54, 1.807) is 31.2 Å². The number of nitrogens with one attached hydrogen (secondary N) is 1. The lowest BCUT2D eigenvalue weighted by atomic mass is 10.2. The summed E-state index contributed by atoms with van der Waals surface area (Å²) in [6.45, 7) is 1.88. The van der Waals surface area contributed by atoms with Crippen LogP contribution in [0.5, 0.6) is 5.75 Å².